The molecular weight excluding hydrogens is 200 g/mol. The first-order chi connectivity index (χ1) is 7.74. The molecule has 0 radical (unpaired) electrons. The molecule has 0 bridgehead atoms. The molecular formula is C13H16N2O. The lowest BCUT2D eigenvalue weighted by atomic mass is 9.92. The van der Waals surface area contributed by atoms with E-state index in [-0.39, 0.29) is 6.61 Å². The molecule has 84 valence electrons. The van der Waals surface area contributed by atoms with Crippen molar-refractivity contribution in [2.45, 2.75) is 30.9 Å². The highest BCUT2D eigenvalue weighted by atomic mass is 16.5. The van der Waals surface area contributed by atoms with E-state index in [1.165, 1.54) is 6.42 Å². The second kappa shape index (κ2) is 4.65. The standard InChI is InChI=1S/C13H16N2O/c14-9-13(15,10-16-12-7-4-8-12)11-5-2-1-3-6-11/h1-3,5-6,12H,4,7-8,10,15H2. The Labute approximate surface area is 95.8 Å². The Hall–Kier alpha value is -1.37. The lowest BCUT2D eigenvalue weighted by Gasteiger charge is -2.30. The van der Waals surface area contributed by atoms with Gasteiger partial charge in [-0.3, -0.25) is 0 Å². The molecule has 1 aliphatic rings. The van der Waals surface area contributed by atoms with Crippen molar-refractivity contribution in [3.05, 3.63) is 35.9 Å². The number of hydrogen-bond donors (Lipinski definition) is 1. The summed E-state index contributed by atoms with van der Waals surface area (Å²) in [5.41, 5.74) is 5.86. The van der Waals surface area contributed by atoms with Gasteiger partial charge in [-0.2, -0.15) is 5.26 Å². The third-order valence-corrected chi connectivity index (χ3v) is 3.09. The second-order valence-corrected chi connectivity index (χ2v) is 4.31. The molecule has 16 heavy (non-hydrogen) atoms. The van der Waals surface area contributed by atoms with E-state index < -0.39 is 5.54 Å². The average Bonchev–Trinajstić information content (AvgIpc) is 2.28. The zero-order valence-corrected chi connectivity index (χ0v) is 9.23. The molecule has 1 aliphatic carbocycles. The summed E-state index contributed by atoms with van der Waals surface area (Å²) in [6, 6.07) is 11.6. The van der Waals surface area contributed by atoms with Crippen molar-refractivity contribution >= 4 is 0 Å². The van der Waals surface area contributed by atoms with Gasteiger partial charge in [0.15, 0.2) is 5.54 Å². The van der Waals surface area contributed by atoms with Gasteiger partial charge in [0.25, 0.3) is 0 Å². The monoisotopic (exact) mass is 216 g/mol. The number of nitriles is 1. The van der Waals surface area contributed by atoms with Gasteiger partial charge in [-0.05, 0) is 24.8 Å². The summed E-state index contributed by atoms with van der Waals surface area (Å²) in [4.78, 5) is 0. The molecule has 0 saturated heterocycles. The largest absolute Gasteiger partial charge is 0.375 e. The van der Waals surface area contributed by atoms with E-state index in [4.69, 9.17) is 10.5 Å². The van der Waals surface area contributed by atoms with E-state index in [2.05, 4.69) is 6.07 Å². The molecule has 1 saturated carbocycles. The Balaban J connectivity index is 2.04. The Morgan fingerprint density at radius 3 is 2.56 bits per heavy atom. The van der Waals surface area contributed by atoms with E-state index >= 15 is 0 Å². The minimum atomic E-state index is -1.02. The Bertz CT molecular complexity index is 381. The van der Waals surface area contributed by atoms with E-state index in [1.807, 2.05) is 30.3 Å². The highest BCUT2D eigenvalue weighted by molar-refractivity contribution is 5.30. The fraction of sp³-hybridized carbons (Fsp3) is 0.462. The van der Waals surface area contributed by atoms with Gasteiger partial charge < -0.3 is 10.5 Å². The predicted molar refractivity (Wildman–Crippen MR) is 61.5 cm³/mol. The summed E-state index contributed by atoms with van der Waals surface area (Å²) < 4.78 is 5.64. The van der Waals surface area contributed by atoms with Crippen LogP contribution in [-0.2, 0) is 10.3 Å². The lowest BCUT2D eigenvalue weighted by molar-refractivity contribution is -0.0144. The Kier molecular flexibility index (Phi) is 3.23. The fourth-order valence-corrected chi connectivity index (χ4v) is 1.70. The van der Waals surface area contributed by atoms with E-state index in [0.717, 1.165) is 18.4 Å². The number of hydrogen-bond acceptors (Lipinski definition) is 3. The van der Waals surface area contributed by atoms with Gasteiger partial charge in [0.05, 0.1) is 18.8 Å². The third-order valence-electron chi connectivity index (χ3n) is 3.09. The van der Waals surface area contributed by atoms with Crippen molar-refractivity contribution < 1.29 is 4.74 Å². The minimum absolute atomic E-state index is 0.276. The molecule has 3 nitrogen and oxygen atoms in total. The number of benzene rings is 1. The van der Waals surface area contributed by atoms with Gasteiger partial charge in [-0.15, -0.1) is 0 Å². The van der Waals surface area contributed by atoms with Gasteiger partial charge >= 0.3 is 0 Å². The fourth-order valence-electron chi connectivity index (χ4n) is 1.70. The Morgan fingerprint density at radius 1 is 1.38 bits per heavy atom. The summed E-state index contributed by atoms with van der Waals surface area (Å²) in [6.07, 6.45) is 3.71. The van der Waals surface area contributed by atoms with Crippen LogP contribution < -0.4 is 5.73 Å². The minimum Gasteiger partial charge on any atom is -0.375 e. The smallest absolute Gasteiger partial charge is 0.153 e. The maximum Gasteiger partial charge on any atom is 0.153 e. The van der Waals surface area contributed by atoms with Gasteiger partial charge in [0, 0.05) is 0 Å². The van der Waals surface area contributed by atoms with Crippen LogP contribution in [0.25, 0.3) is 0 Å². The van der Waals surface area contributed by atoms with Crippen molar-refractivity contribution in [3.63, 3.8) is 0 Å². The summed E-state index contributed by atoms with van der Waals surface area (Å²) in [5.74, 6) is 0. The van der Waals surface area contributed by atoms with Crippen molar-refractivity contribution in [1.29, 1.82) is 5.26 Å². The molecule has 1 atom stereocenters. The highest BCUT2D eigenvalue weighted by Gasteiger charge is 2.30. The molecule has 1 unspecified atom stereocenters. The molecule has 0 heterocycles. The van der Waals surface area contributed by atoms with Crippen LogP contribution >= 0.6 is 0 Å². The molecule has 0 aromatic heterocycles. The van der Waals surface area contributed by atoms with Gasteiger partial charge in [0.1, 0.15) is 0 Å². The number of rotatable bonds is 4. The van der Waals surface area contributed by atoms with Crippen LogP contribution in [0, 0.1) is 11.3 Å². The van der Waals surface area contributed by atoms with E-state index in [0.29, 0.717) is 6.10 Å². The molecule has 0 spiro atoms. The summed E-state index contributed by atoms with van der Waals surface area (Å²) in [6.45, 7) is 0.276. The summed E-state index contributed by atoms with van der Waals surface area (Å²) in [5, 5.41) is 9.19. The van der Waals surface area contributed by atoms with E-state index in [1.54, 1.807) is 0 Å². The van der Waals surface area contributed by atoms with Crippen LogP contribution in [0.3, 0.4) is 0 Å². The summed E-state index contributed by atoms with van der Waals surface area (Å²) >= 11 is 0. The first kappa shape index (κ1) is 11.1. The van der Waals surface area contributed by atoms with Crippen LogP contribution in [0.2, 0.25) is 0 Å². The molecule has 1 fully saturated rings. The first-order valence-electron chi connectivity index (χ1n) is 5.62. The molecule has 1 aromatic rings. The predicted octanol–water partition coefficient (Wildman–Crippen LogP) is 1.93. The topological polar surface area (TPSA) is 59.0 Å². The molecule has 3 heteroatoms. The number of nitrogens with two attached hydrogens (primary N) is 1. The molecule has 2 rings (SSSR count). The van der Waals surface area contributed by atoms with Crippen molar-refractivity contribution in [2.75, 3.05) is 6.61 Å². The van der Waals surface area contributed by atoms with Crippen LogP contribution in [-0.4, -0.2) is 12.7 Å². The van der Waals surface area contributed by atoms with Gasteiger partial charge in [-0.25, -0.2) is 0 Å². The highest BCUT2D eigenvalue weighted by Crippen LogP contribution is 2.25. The van der Waals surface area contributed by atoms with E-state index in [9.17, 15) is 5.26 Å². The number of nitrogens with zero attached hydrogens (tertiary/aromatic N) is 1. The SMILES string of the molecule is N#CC(N)(COC1CCC1)c1ccccc1. The molecule has 0 amide bonds. The quantitative estimate of drug-likeness (QED) is 0.836. The average molecular weight is 216 g/mol. The van der Waals surface area contributed by atoms with Gasteiger partial charge in [0.2, 0.25) is 0 Å². The summed E-state index contributed by atoms with van der Waals surface area (Å²) in [7, 11) is 0. The van der Waals surface area contributed by atoms with Crippen molar-refractivity contribution in [2.24, 2.45) is 5.73 Å². The van der Waals surface area contributed by atoms with Crippen LogP contribution in [0.4, 0.5) is 0 Å². The molecule has 0 aliphatic heterocycles. The second-order valence-electron chi connectivity index (χ2n) is 4.31. The van der Waals surface area contributed by atoms with Gasteiger partial charge in [-0.1, -0.05) is 30.3 Å². The molecule has 1 aromatic carbocycles. The zero-order chi connectivity index (χ0) is 11.4. The Morgan fingerprint density at radius 2 is 2.06 bits per heavy atom. The third kappa shape index (κ3) is 2.24. The van der Waals surface area contributed by atoms with Crippen LogP contribution in [0.15, 0.2) is 30.3 Å². The number of ether oxygens (including phenoxy) is 1. The van der Waals surface area contributed by atoms with Crippen molar-refractivity contribution in [1.82, 2.24) is 0 Å². The van der Waals surface area contributed by atoms with Crippen LogP contribution in [0.1, 0.15) is 24.8 Å². The maximum absolute atomic E-state index is 9.19. The first-order valence-corrected chi connectivity index (χ1v) is 5.62. The molecule has 2 N–H and O–H groups in total. The zero-order valence-electron chi connectivity index (χ0n) is 9.23. The van der Waals surface area contributed by atoms with Crippen molar-refractivity contribution in [3.8, 4) is 6.07 Å². The van der Waals surface area contributed by atoms with Crippen LogP contribution in [0.5, 0.6) is 0 Å². The maximum atomic E-state index is 9.19. The lowest BCUT2D eigenvalue weighted by Crippen LogP contribution is -2.42. The normalized spacial score (nSPS) is 19.5.